The Morgan fingerprint density at radius 3 is 2.32 bits per heavy atom. The molecule has 0 aromatic heterocycles. The first-order chi connectivity index (χ1) is 10.2. The Bertz CT molecular complexity index is 457. The monoisotopic (exact) mass is 306 g/mol. The van der Waals surface area contributed by atoms with Crippen LogP contribution in [0.2, 0.25) is 0 Å². The summed E-state index contributed by atoms with van der Waals surface area (Å²) in [5.74, 6) is 1.48. The smallest absolute Gasteiger partial charge is 0.122 e. The van der Waals surface area contributed by atoms with E-state index in [0.29, 0.717) is 23.2 Å². The molecule has 2 saturated carbocycles. The lowest BCUT2D eigenvalue weighted by molar-refractivity contribution is -0.264. The van der Waals surface area contributed by atoms with Gasteiger partial charge >= 0.3 is 0 Å². The highest BCUT2D eigenvalue weighted by Crippen LogP contribution is 2.65. The molecule has 0 spiro atoms. The molecule has 0 N–H and O–H groups in total. The van der Waals surface area contributed by atoms with Crippen LogP contribution in [0.5, 0.6) is 0 Å². The van der Waals surface area contributed by atoms with E-state index < -0.39 is 0 Å². The molecule has 2 heteroatoms. The van der Waals surface area contributed by atoms with Gasteiger partial charge in [-0.15, -0.1) is 0 Å². The van der Waals surface area contributed by atoms with Gasteiger partial charge in [0.05, 0.1) is 11.2 Å². The SMILES string of the molecule is CC1(C)CCC[C@]2(C)[C@H]3CC[C@@](C)(CC=O)O[C@]3(C)CC[C@@H]12. The summed E-state index contributed by atoms with van der Waals surface area (Å²) in [4.78, 5) is 11.0. The highest BCUT2D eigenvalue weighted by Gasteiger charge is 2.61. The number of ether oxygens (including phenoxy) is 1. The van der Waals surface area contributed by atoms with Crippen molar-refractivity contribution in [3.63, 3.8) is 0 Å². The topological polar surface area (TPSA) is 26.3 Å². The lowest BCUT2D eigenvalue weighted by atomic mass is 9.44. The van der Waals surface area contributed by atoms with Gasteiger partial charge in [0.2, 0.25) is 0 Å². The summed E-state index contributed by atoms with van der Waals surface area (Å²) >= 11 is 0. The van der Waals surface area contributed by atoms with Crippen LogP contribution in [0.25, 0.3) is 0 Å². The summed E-state index contributed by atoms with van der Waals surface area (Å²) in [6.45, 7) is 12.0. The van der Waals surface area contributed by atoms with Crippen LogP contribution in [0.1, 0.15) is 86.0 Å². The Hall–Kier alpha value is -0.370. The number of carbonyl (C=O) groups excluding carboxylic acids is 1. The van der Waals surface area contributed by atoms with Crippen LogP contribution in [0.3, 0.4) is 0 Å². The Balaban J connectivity index is 1.90. The fourth-order valence-corrected chi connectivity index (χ4v) is 6.75. The first kappa shape index (κ1) is 16.5. The normalized spacial score (nSPS) is 50.8. The van der Waals surface area contributed by atoms with Crippen LogP contribution >= 0.6 is 0 Å². The van der Waals surface area contributed by atoms with E-state index in [0.717, 1.165) is 25.0 Å². The number of fused-ring (bicyclic) bond motifs is 3. The second kappa shape index (κ2) is 5.06. The second-order valence-electron chi connectivity index (χ2n) is 9.77. The predicted molar refractivity (Wildman–Crippen MR) is 89.8 cm³/mol. The largest absolute Gasteiger partial charge is 0.368 e. The van der Waals surface area contributed by atoms with Crippen LogP contribution in [0.15, 0.2) is 0 Å². The number of hydrogen-bond acceptors (Lipinski definition) is 2. The van der Waals surface area contributed by atoms with Crippen molar-refractivity contribution < 1.29 is 9.53 Å². The van der Waals surface area contributed by atoms with Gasteiger partial charge in [0.25, 0.3) is 0 Å². The molecule has 0 bridgehead atoms. The molecule has 0 aromatic rings. The first-order valence-electron chi connectivity index (χ1n) is 9.29. The molecule has 3 rings (SSSR count). The van der Waals surface area contributed by atoms with Crippen molar-refractivity contribution in [3.8, 4) is 0 Å². The molecule has 0 amide bonds. The van der Waals surface area contributed by atoms with Crippen LogP contribution in [-0.2, 0) is 9.53 Å². The predicted octanol–water partition coefficient (Wildman–Crippen LogP) is 5.15. The van der Waals surface area contributed by atoms with Crippen molar-refractivity contribution >= 4 is 6.29 Å². The minimum Gasteiger partial charge on any atom is -0.368 e. The third kappa shape index (κ3) is 2.37. The maximum absolute atomic E-state index is 11.0. The molecule has 5 atom stereocenters. The summed E-state index contributed by atoms with van der Waals surface area (Å²) in [5.41, 5.74) is 0.615. The van der Waals surface area contributed by atoms with Gasteiger partial charge in [0.1, 0.15) is 6.29 Å². The van der Waals surface area contributed by atoms with Gasteiger partial charge in [-0.2, -0.15) is 0 Å². The molecule has 0 radical (unpaired) electrons. The van der Waals surface area contributed by atoms with E-state index >= 15 is 0 Å². The van der Waals surface area contributed by atoms with Gasteiger partial charge in [0.15, 0.2) is 0 Å². The van der Waals surface area contributed by atoms with E-state index in [1.807, 2.05) is 0 Å². The van der Waals surface area contributed by atoms with Crippen LogP contribution < -0.4 is 0 Å². The third-order valence-electron chi connectivity index (χ3n) is 7.70. The fourth-order valence-electron chi connectivity index (χ4n) is 6.75. The van der Waals surface area contributed by atoms with E-state index in [2.05, 4.69) is 34.6 Å². The molecule has 1 saturated heterocycles. The van der Waals surface area contributed by atoms with Gasteiger partial charge in [-0.05, 0) is 75.0 Å². The molecular formula is C20H34O2. The lowest BCUT2D eigenvalue weighted by Crippen LogP contribution is -2.62. The average Bonchev–Trinajstić information content (AvgIpc) is 2.36. The zero-order valence-electron chi connectivity index (χ0n) is 15.2. The molecule has 1 heterocycles. The Morgan fingerprint density at radius 2 is 1.64 bits per heavy atom. The van der Waals surface area contributed by atoms with Gasteiger partial charge in [-0.3, -0.25) is 0 Å². The Labute approximate surface area is 136 Å². The second-order valence-corrected chi connectivity index (χ2v) is 9.77. The highest BCUT2D eigenvalue weighted by molar-refractivity contribution is 5.51. The molecule has 2 aliphatic carbocycles. The van der Waals surface area contributed by atoms with Gasteiger partial charge in [-0.25, -0.2) is 0 Å². The Morgan fingerprint density at radius 1 is 0.955 bits per heavy atom. The van der Waals surface area contributed by atoms with Crippen LogP contribution in [0, 0.1) is 22.7 Å². The van der Waals surface area contributed by atoms with E-state index in [4.69, 9.17) is 4.74 Å². The summed E-state index contributed by atoms with van der Waals surface area (Å²) in [7, 11) is 0. The van der Waals surface area contributed by atoms with Crippen LogP contribution in [0.4, 0.5) is 0 Å². The van der Waals surface area contributed by atoms with Gasteiger partial charge < -0.3 is 9.53 Å². The fraction of sp³-hybridized carbons (Fsp3) is 0.950. The molecule has 0 unspecified atom stereocenters. The van der Waals surface area contributed by atoms with Crippen molar-refractivity contribution in [2.45, 2.75) is 97.2 Å². The van der Waals surface area contributed by atoms with Crippen molar-refractivity contribution in [2.75, 3.05) is 0 Å². The molecule has 2 nitrogen and oxygen atoms in total. The minimum atomic E-state index is -0.236. The molecule has 3 aliphatic rings. The summed E-state index contributed by atoms with van der Waals surface area (Å²) in [6.07, 6.45) is 10.4. The standard InChI is InChI=1S/C20H34O2/c1-17(2)9-6-10-19(4)15(17)8-12-20(5)16(19)7-11-18(3,22-20)13-14-21/h14-16H,6-13H2,1-5H3/t15-,16+,18-,19-,20+/m0/s1. The van der Waals surface area contributed by atoms with Crippen molar-refractivity contribution in [1.82, 2.24) is 0 Å². The molecule has 3 fully saturated rings. The van der Waals surface area contributed by atoms with E-state index in [1.54, 1.807) is 0 Å². The minimum absolute atomic E-state index is 0.0331. The zero-order chi connectivity index (χ0) is 16.2. The maximum atomic E-state index is 11.0. The van der Waals surface area contributed by atoms with E-state index in [9.17, 15) is 4.79 Å². The summed E-state index contributed by atoms with van der Waals surface area (Å²) < 4.78 is 6.66. The molecule has 0 aromatic carbocycles. The summed E-state index contributed by atoms with van der Waals surface area (Å²) in [5, 5.41) is 0. The molecule has 126 valence electrons. The third-order valence-corrected chi connectivity index (χ3v) is 7.70. The number of hydrogen-bond donors (Lipinski definition) is 0. The van der Waals surface area contributed by atoms with Crippen LogP contribution in [-0.4, -0.2) is 17.5 Å². The quantitative estimate of drug-likeness (QED) is 0.660. The number of aldehydes is 1. The van der Waals surface area contributed by atoms with Crippen molar-refractivity contribution in [1.29, 1.82) is 0 Å². The Kier molecular flexibility index (Phi) is 3.79. The van der Waals surface area contributed by atoms with Crippen molar-refractivity contribution in [2.24, 2.45) is 22.7 Å². The van der Waals surface area contributed by atoms with Gasteiger partial charge in [-0.1, -0.05) is 27.2 Å². The molecular weight excluding hydrogens is 272 g/mol. The zero-order valence-corrected chi connectivity index (χ0v) is 15.2. The first-order valence-corrected chi connectivity index (χ1v) is 9.29. The number of rotatable bonds is 2. The maximum Gasteiger partial charge on any atom is 0.122 e. The lowest BCUT2D eigenvalue weighted by Gasteiger charge is -2.65. The summed E-state index contributed by atoms with van der Waals surface area (Å²) in [6, 6.07) is 0. The number of carbonyl (C=O) groups is 1. The van der Waals surface area contributed by atoms with Crippen molar-refractivity contribution in [3.05, 3.63) is 0 Å². The highest BCUT2D eigenvalue weighted by atomic mass is 16.5. The molecule has 22 heavy (non-hydrogen) atoms. The van der Waals surface area contributed by atoms with Gasteiger partial charge in [0, 0.05) is 6.42 Å². The van der Waals surface area contributed by atoms with E-state index in [-0.39, 0.29) is 11.2 Å². The average molecular weight is 306 g/mol. The molecule has 1 aliphatic heterocycles. The van der Waals surface area contributed by atoms with E-state index in [1.165, 1.54) is 32.1 Å².